The van der Waals surface area contributed by atoms with Crippen molar-refractivity contribution in [3.8, 4) is 0 Å². The highest BCUT2D eigenvalue weighted by Crippen LogP contribution is 2.36. The number of likely N-dealkylation sites (tertiary alicyclic amines) is 1. The summed E-state index contributed by atoms with van der Waals surface area (Å²) >= 11 is 8.08. The van der Waals surface area contributed by atoms with E-state index in [1.54, 1.807) is 17.4 Å². The second kappa shape index (κ2) is 8.95. The maximum atomic E-state index is 12.5. The van der Waals surface area contributed by atoms with Gasteiger partial charge in [-0.25, -0.2) is 0 Å². The molecule has 4 rings (SSSR count). The first kappa shape index (κ1) is 19.9. The van der Waals surface area contributed by atoms with Crippen molar-refractivity contribution in [2.24, 2.45) is 0 Å². The van der Waals surface area contributed by atoms with Crippen molar-refractivity contribution in [3.05, 3.63) is 40.2 Å². The van der Waals surface area contributed by atoms with Gasteiger partial charge < -0.3 is 10.1 Å². The van der Waals surface area contributed by atoms with Crippen LogP contribution in [0.5, 0.6) is 0 Å². The van der Waals surface area contributed by atoms with Crippen LogP contribution in [0.4, 0.5) is 0 Å². The van der Waals surface area contributed by atoms with Gasteiger partial charge in [0.15, 0.2) is 0 Å². The van der Waals surface area contributed by atoms with Crippen molar-refractivity contribution >= 4 is 45.0 Å². The van der Waals surface area contributed by atoms with E-state index in [0.717, 1.165) is 59.1 Å². The number of piperidine rings is 1. The zero-order valence-electron chi connectivity index (χ0n) is 16.1. The quantitative estimate of drug-likeness (QED) is 0.714. The van der Waals surface area contributed by atoms with Crippen LogP contribution < -0.4 is 5.32 Å². The molecule has 0 spiro atoms. The lowest BCUT2D eigenvalue weighted by molar-refractivity contribution is -0.118. The summed E-state index contributed by atoms with van der Waals surface area (Å²) in [5.74, 6) is -0.0589. The molecule has 6 heteroatoms. The topological polar surface area (TPSA) is 41.6 Å². The summed E-state index contributed by atoms with van der Waals surface area (Å²) in [6.45, 7) is 4.49. The number of hydrogen-bond donors (Lipinski definition) is 1. The number of hydrogen-bond acceptors (Lipinski definition) is 4. The lowest BCUT2D eigenvalue weighted by atomic mass is 9.86. The average Bonchev–Trinajstić information content (AvgIpc) is 3.08. The van der Waals surface area contributed by atoms with E-state index in [1.165, 1.54) is 19.3 Å². The highest BCUT2D eigenvalue weighted by Gasteiger charge is 2.38. The molecule has 2 fully saturated rings. The van der Waals surface area contributed by atoms with Gasteiger partial charge in [-0.2, -0.15) is 0 Å². The maximum absolute atomic E-state index is 12.5. The van der Waals surface area contributed by atoms with Gasteiger partial charge in [0.25, 0.3) is 0 Å². The van der Waals surface area contributed by atoms with Gasteiger partial charge in [0.05, 0.1) is 5.02 Å². The number of nitrogens with one attached hydrogen (secondary N) is 1. The number of carbonyl (C=O) groups is 1. The fraction of sp³-hybridized carbons (Fsp3) is 0.500. The Bertz CT molecular complexity index is 851. The van der Waals surface area contributed by atoms with Crippen molar-refractivity contribution in [2.75, 3.05) is 32.8 Å². The smallest absolute Gasteiger partial charge is 0.244 e. The Hall–Kier alpha value is -1.40. The molecule has 0 bridgehead atoms. The Morgan fingerprint density at radius 1 is 1.21 bits per heavy atom. The summed E-state index contributed by atoms with van der Waals surface area (Å²) in [6, 6.07) is 8.05. The summed E-state index contributed by atoms with van der Waals surface area (Å²) in [7, 11) is 0. The molecule has 0 unspecified atom stereocenters. The number of ether oxygens (including phenoxy) is 1. The minimum Gasteiger partial charge on any atom is -0.381 e. The van der Waals surface area contributed by atoms with E-state index >= 15 is 0 Å². The molecule has 0 radical (unpaired) electrons. The molecule has 2 aromatic rings. The molecule has 2 aliphatic rings. The predicted molar refractivity (Wildman–Crippen MR) is 117 cm³/mol. The lowest BCUT2D eigenvalue weighted by Crippen LogP contribution is -2.59. The number of nitrogens with zero attached hydrogens (tertiary/aromatic N) is 1. The highest BCUT2D eigenvalue weighted by molar-refractivity contribution is 7.20. The minimum atomic E-state index is -0.0589. The van der Waals surface area contributed by atoms with E-state index in [4.69, 9.17) is 16.3 Å². The van der Waals surface area contributed by atoms with Crippen molar-refractivity contribution in [2.45, 2.75) is 37.6 Å². The van der Waals surface area contributed by atoms with Crippen LogP contribution in [0.3, 0.4) is 0 Å². The molecule has 1 aromatic heterocycles. The van der Waals surface area contributed by atoms with Crippen LogP contribution in [0.15, 0.2) is 30.3 Å². The van der Waals surface area contributed by atoms with Crippen LogP contribution >= 0.6 is 22.9 Å². The average molecular weight is 419 g/mol. The molecule has 0 saturated carbocycles. The summed E-state index contributed by atoms with van der Waals surface area (Å²) in [4.78, 5) is 16.0. The van der Waals surface area contributed by atoms with E-state index in [0.29, 0.717) is 6.54 Å². The summed E-state index contributed by atoms with van der Waals surface area (Å²) in [6.07, 6.45) is 9.23. The molecular weight excluding hydrogens is 392 g/mol. The van der Waals surface area contributed by atoms with Crippen LogP contribution in [0.1, 0.15) is 37.0 Å². The number of benzene rings is 1. The zero-order valence-corrected chi connectivity index (χ0v) is 17.7. The molecule has 150 valence electrons. The molecule has 28 heavy (non-hydrogen) atoms. The van der Waals surface area contributed by atoms with E-state index < -0.39 is 0 Å². The molecular formula is C22H27ClN2O2S. The number of amides is 1. The molecule has 4 nitrogen and oxygen atoms in total. The van der Waals surface area contributed by atoms with Gasteiger partial charge in [-0.1, -0.05) is 36.2 Å². The Morgan fingerprint density at radius 3 is 2.71 bits per heavy atom. The second-order valence-corrected chi connectivity index (χ2v) is 9.17. The standard InChI is InChI=1S/C22H27ClN2O2S/c23-21-17-6-2-3-7-18(17)28-19(21)8-9-20(26)24-16-22(10-14-27-15-11-22)25-12-4-1-5-13-25/h2-3,6-9H,1,4-5,10-16H2,(H,24,26). The largest absolute Gasteiger partial charge is 0.381 e. The zero-order chi connectivity index (χ0) is 19.4. The monoisotopic (exact) mass is 418 g/mol. The number of fused-ring (bicyclic) bond motifs is 1. The van der Waals surface area contributed by atoms with Crippen molar-refractivity contribution < 1.29 is 9.53 Å². The third kappa shape index (κ3) is 4.28. The molecule has 0 aliphatic carbocycles. The number of rotatable bonds is 5. The first-order valence-electron chi connectivity index (χ1n) is 10.1. The van der Waals surface area contributed by atoms with Gasteiger partial charge in [-0.15, -0.1) is 11.3 Å². The van der Waals surface area contributed by atoms with Gasteiger partial charge in [0, 0.05) is 46.3 Å². The number of carbonyl (C=O) groups excluding carboxylic acids is 1. The Labute approximate surface area is 175 Å². The van der Waals surface area contributed by atoms with Gasteiger partial charge in [-0.3, -0.25) is 9.69 Å². The van der Waals surface area contributed by atoms with Crippen LogP contribution in [-0.4, -0.2) is 49.2 Å². The third-order valence-corrected chi connectivity index (χ3v) is 7.64. The van der Waals surface area contributed by atoms with E-state index in [-0.39, 0.29) is 11.4 Å². The van der Waals surface area contributed by atoms with Crippen molar-refractivity contribution in [1.82, 2.24) is 10.2 Å². The highest BCUT2D eigenvalue weighted by atomic mass is 35.5. The maximum Gasteiger partial charge on any atom is 0.244 e. The van der Waals surface area contributed by atoms with Crippen LogP contribution in [0.25, 0.3) is 16.2 Å². The lowest BCUT2D eigenvalue weighted by Gasteiger charge is -2.48. The minimum absolute atomic E-state index is 0.0391. The van der Waals surface area contributed by atoms with E-state index in [9.17, 15) is 4.79 Å². The SMILES string of the molecule is O=C(C=Cc1sc2ccccc2c1Cl)NCC1(N2CCCCC2)CCOCC1. The van der Waals surface area contributed by atoms with Crippen molar-refractivity contribution in [3.63, 3.8) is 0 Å². The van der Waals surface area contributed by atoms with Crippen molar-refractivity contribution in [1.29, 1.82) is 0 Å². The first-order chi connectivity index (χ1) is 13.7. The molecule has 0 atom stereocenters. The normalized spacial score (nSPS) is 20.6. The molecule has 2 aliphatic heterocycles. The second-order valence-electron chi connectivity index (χ2n) is 7.71. The molecule has 3 heterocycles. The van der Waals surface area contributed by atoms with Gasteiger partial charge >= 0.3 is 0 Å². The Kier molecular flexibility index (Phi) is 6.36. The Morgan fingerprint density at radius 2 is 1.96 bits per heavy atom. The Balaban J connectivity index is 1.41. The summed E-state index contributed by atoms with van der Waals surface area (Å²) < 4.78 is 6.74. The molecule has 2 saturated heterocycles. The fourth-order valence-electron chi connectivity index (χ4n) is 4.33. The third-order valence-electron chi connectivity index (χ3n) is 5.99. The summed E-state index contributed by atoms with van der Waals surface area (Å²) in [5, 5.41) is 4.92. The first-order valence-corrected chi connectivity index (χ1v) is 11.3. The molecule has 1 N–H and O–H groups in total. The van der Waals surface area contributed by atoms with E-state index in [2.05, 4.69) is 16.3 Å². The molecule has 1 amide bonds. The van der Waals surface area contributed by atoms with Crippen LogP contribution in [0.2, 0.25) is 5.02 Å². The van der Waals surface area contributed by atoms with E-state index in [1.807, 2.05) is 24.3 Å². The number of thiophene rings is 1. The van der Waals surface area contributed by atoms with Gasteiger partial charge in [0.2, 0.25) is 5.91 Å². The number of halogens is 1. The molecule has 1 aromatic carbocycles. The van der Waals surface area contributed by atoms with Crippen LogP contribution in [-0.2, 0) is 9.53 Å². The van der Waals surface area contributed by atoms with Gasteiger partial charge in [-0.05, 0) is 50.9 Å². The van der Waals surface area contributed by atoms with Gasteiger partial charge in [0.1, 0.15) is 0 Å². The predicted octanol–water partition coefficient (Wildman–Crippen LogP) is 4.72. The summed E-state index contributed by atoms with van der Waals surface area (Å²) in [5.41, 5.74) is 0.0391. The van der Waals surface area contributed by atoms with Crippen LogP contribution in [0, 0.1) is 0 Å². The fourth-order valence-corrected chi connectivity index (χ4v) is 5.73.